The Labute approximate surface area is 129 Å². The Hall–Kier alpha value is -1.92. The normalized spacial score (nSPS) is 16.0. The second-order valence-electron chi connectivity index (χ2n) is 5.84. The van der Waals surface area contributed by atoms with E-state index in [0.29, 0.717) is 30.7 Å². The summed E-state index contributed by atoms with van der Waals surface area (Å²) < 4.78 is 10.4. The van der Waals surface area contributed by atoms with Crippen molar-refractivity contribution in [2.75, 3.05) is 20.7 Å². The second-order valence-corrected chi connectivity index (χ2v) is 5.84. The number of ether oxygens (including phenoxy) is 1. The standard InChI is InChI=1S/C16H21N3O3/c1-19(9-14(20)11-3-4-11)10-15-17-16(18-22-15)12-5-7-13(21-2)8-6-12/h5-8,11,14,20H,3-4,9-10H2,1-2H3. The molecule has 1 aliphatic rings. The van der Waals surface area contributed by atoms with Crippen LogP contribution in [0, 0.1) is 5.92 Å². The Balaban J connectivity index is 1.60. The Bertz CT molecular complexity index is 607. The number of rotatable bonds is 7. The molecule has 2 aromatic rings. The van der Waals surface area contributed by atoms with E-state index in [9.17, 15) is 5.11 Å². The van der Waals surface area contributed by atoms with E-state index in [4.69, 9.17) is 9.26 Å². The molecule has 0 bridgehead atoms. The number of likely N-dealkylation sites (N-methyl/N-ethyl adjacent to an activating group) is 1. The number of nitrogens with zero attached hydrogens (tertiary/aromatic N) is 3. The molecule has 3 rings (SSSR count). The highest BCUT2D eigenvalue weighted by atomic mass is 16.5. The summed E-state index contributed by atoms with van der Waals surface area (Å²) in [6, 6.07) is 7.52. The lowest BCUT2D eigenvalue weighted by atomic mass is 10.2. The van der Waals surface area contributed by atoms with Gasteiger partial charge in [-0.25, -0.2) is 0 Å². The van der Waals surface area contributed by atoms with Gasteiger partial charge in [-0.05, 0) is 50.1 Å². The first-order valence-electron chi connectivity index (χ1n) is 7.49. The third-order valence-electron chi connectivity index (χ3n) is 3.89. The summed E-state index contributed by atoms with van der Waals surface area (Å²) >= 11 is 0. The van der Waals surface area contributed by atoms with Crippen molar-refractivity contribution in [1.29, 1.82) is 0 Å². The molecule has 6 heteroatoms. The van der Waals surface area contributed by atoms with E-state index in [1.165, 1.54) is 0 Å². The predicted molar refractivity (Wildman–Crippen MR) is 81.4 cm³/mol. The maximum Gasteiger partial charge on any atom is 0.241 e. The number of aromatic nitrogens is 2. The highest BCUT2D eigenvalue weighted by molar-refractivity contribution is 5.55. The second kappa shape index (κ2) is 6.46. The van der Waals surface area contributed by atoms with Gasteiger partial charge in [0.1, 0.15) is 5.75 Å². The van der Waals surface area contributed by atoms with Gasteiger partial charge in [0.25, 0.3) is 0 Å². The molecule has 1 aromatic heterocycles. The molecule has 1 N–H and O–H groups in total. The molecule has 0 spiro atoms. The van der Waals surface area contributed by atoms with Crippen molar-refractivity contribution in [3.8, 4) is 17.1 Å². The maximum atomic E-state index is 9.95. The first-order valence-corrected chi connectivity index (χ1v) is 7.49. The van der Waals surface area contributed by atoms with Crippen LogP contribution in [0.5, 0.6) is 5.75 Å². The first-order chi connectivity index (χ1) is 10.7. The predicted octanol–water partition coefficient (Wildman–Crippen LogP) is 1.95. The number of aliphatic hydroxyl groups is 1. The molecular weight excluding hydrogens is 282 g/mol. The highest BCUT2D eigenvalue weighted by Crippen LogP contribution is 2.32. The van der Waals surface area contributed by atoms with Crippen LogP contribution in [0.15, 0.2) is 28.8 Å². The van der Waals surface area contributed by atoms with Crippen molar-refractivity contribution in [2.24, 2.45) is 5.92 Å². The molecule has 1 aliphatic carbocycles. The molecule has 0 aliphatic heterocycles. The van der Waals surface area contributed by atoms with E-state index in [1.807, 2.05) is 36.2 Å². The van der Waals surface area contributed by atoms with E-state index in [2.05, 4.69) is 10.1 Å². The molecule has 1 fully saturated rings. The number of methoxy groups -OCH3 is 1. The Morgan fingerprint density at radius 1 is 1.36 bits per heavy atom. The van der Waals surface area contributed by atoms with Crippen LogP contribution >= 0.6 is 0 Å². The summed E-state index contributed by atoms with van der Waals surface area (Å²) in [6.07, 6.45) is 2.02. The van der Waals surface area contributed by atoms with Gasteiger partial charge in [-0.15, -0.1) is 0 Å². The van der Waals surface area contributed by atoms with Crippen molar-refractivity contribution in [3.05, 3.63) is 30.2 Å². The molecule has 1 saturated carbocycles. The fourth-order valence-corrected chi connectivity index (χ4v) is 2.42. The SMILES string of the molecule is COc1ccc(-c2noc(CN(C)CC(O)C3CC3)n2)cc1. The molecular formula is C16H21N3O3. The van der Waals surface area contributed by atoms with Gasteiger partial charge in [0.15, 0.2) is 0 Å². The Morgan fingerprint density at radius 3 is 2.73 bits per heavy atom. The third-order valence-corrected chi connectivity index (χ3v) is 3.89. The molecule has 0 saturated heterocycles. The molecule has 0 radical (unpaired) electrons. The van der Waals surface area contributed by atoms with Crippen LogP contribution in [0.1, 0.15) is 18.7 Å². The van der Waals surface area contributed by atoms with Crippen molar-refractivity contribution in [1.82, 2.24) is 15.0 Å². The molecule has 1 aromatic carbocycles. The van der Waals surface area contributed by atoms with Gasteiger partial charge in [0.2, 0.25) is 11.7 Å². The zero-order valence-corrected chi connectivity index (χ0v) is 12.9. The lowest BCUT2D eigenvalue weighted by Crippen LogP contribution is -2.30. The van der Waals surface area contributed by atoms with Gasteiger partial charge in [0, 0.05) is 12.1 Å². The van der Waals surface area contributed by atoms with E-state index in [1.54, 1.807) is 7.11 Å². The number of benzene rings is 1. The summed E-state index contributed by atoms with van der Waals surface area (Å²) in [5, 5.41) is 14.0. The third kappa shape index (κ3) is 3.64. The molecule has 1 atom stereocenters. The van der Waals surface area contributed by atoms with Gasteiger partial charge in [-0.1, -0.05) is 5.16 Å². The minimum Gasteiger partial charge on any atom is -0.497 e. The fraction of sp³-hybridized carbons (Fsp3) is 0.500. The van der Waals surface area contributed by atoms with Crippen molar-refractivity contribution < 1.29 is 14.4 Å². The number of aliphatic hydroxyl groups excluding tert-OH is 1. The van der Waals surface area contributed by atoms with Gasteiger partial charge in [-0.3, -0.25) is 4.90 Å². The largest absolute Gasteiger partial charge is 0.497 e. The Morgan fingerprint density at radius 2 is 2.09 bits per heavy atom. The summed E-state index contributed by atoms with van der Waals surface area (Å²) in [6.45, 7) is 1.16. The average molecular weight is 303 g/mol. The van der Waals surface area contributed by atoms with Crippen LogP contribution < -0.4 is 4.74 Å². The number of hydrogen-bond acceptors (Lipinski definition) is 6. The molecule has 6 nitrogen and oxygen atoms in total. The molecule has 0 amide bonds. The lowest BCUT2D eigenvalue weighted by molar-refractivity contribution is 0.0992. The van der Waals surface area contributed by atoms with Gasteiger partial charge in [-0.2, -0.15) is 4.98 Å². The van der Waals surface area contributed by atoms with Crippen molar-refractivity contribution in [2.45, 2.75) is 25.5 Å². The van der Waals surface area contributed by atoms with E-state index >= 15 is 0 Å². The van der Waals surface area contributed by atoms with Gasteiger partial charge >= 0.3 is 0 Å². The van der Waals surface area contributed by atoms with Crippen LogP contribution in [-0.4, -0.2) is 47.0 Å². The van der Waals surface area contributed by atoms with Crippen molar-refractivity contribution >= 4 is 0 Å². The van der Waals surface area contributed by atoms with Crippen LogP contribution in [0.4, 0.5) is 0 Å². The summed E-state index contributed by atoms with van der Waals surface area (Å²) in [4.78, 5) is 6.41. The van der Waals surface area contributed by atoms with Crippen LogP contribution in [0.3, 0.4) is 0 Å². The summed E-state index contributed by atoms with van der Waals surface area (Å²) in [5.74, 6) is 2.38. The quantitative estimate of drug-likeness (QED) is 0.843. The van der Waals surface area contributed by atoms with Crippen LogP contribution in [0.2, 0.25) is 0 Å². The molecule has 1 heterocycles. The highest BCUT2D eigenvalue weighted by Gasteiger charge is 2.30. The van der Waals surface area contributed by atoms with E-state index in [-0.39, 0.29) is 6.10 Å². The fourth-order valence-electron chi connectivity index (χ4n) is 2.42. The zero-order valence-electron chi connectivity index (χ0n) is 12.9. The van der Waals surface area contributed by atoms with Crippen LogP contribution in [0.25, 0.3) is 11.4 Å². The first kappa shape index (κ1) is 15.0. The molecule has 1 unspecified atom stereocenters. The lowest BCUT2D eigenvalue weighted by Gasteiger charge is -2.18. The Kier molecular flexibility index (Phi) is 4.40. The summed E-state index contributed by atoms with van der Waals surface area (Å²) in [5.41, 5.74) is 0.886. The van der Waals surface area contributed by atoms with E-state index in [0.717, 1.165) is 24.2 Å². The average Bonchev–Trinajstić information content (AvgIpc) is 3.28. The summed E-state index contributed by atoms with van der Waals surface area (Å²) in [7, 11) is 3.58. The van der Waals surface area contributed by atoms with Gasteiger partial charge in [0.05, 0.1) is 19.8 Å². The smallest absolute Gasteiger partial charge is 0.241 e. The van der Waals surface area contributed by atoms with Crippen molar-refractivity contribution in [3.63, 3.8) is 0 Å². The minimum atomic E-state index is -0.256. The topological polar surface area (TPSA) is 71.6 Å². The zero-order chi connectivity index (χ0) is 15.5. The molecule has 118 valence electrons. The van der Waals surface area contributed by atoms with E-state index < -0.39 is 0 Å². The van der Waals surface area contributed by atoms with Gasteiger partial charge < -0.3 is 14.4 Å². The monoisotopic (exact) mass is 303 g/mol. The maximum absolute atomic E-state index is 9.95. The van der Waals surface area contributed by atoms with Crippen LogP contribution in [-0.2, 0) is 6.54 Å². The minimum absolute atomic E-state index is 0.256. The molecule has 22 heavy (non-hydrogen) atoms. The number of hydrogen-bond donors (Lipinski definition) is 1.